The average molecular weight is 352 g/mol. The van der Waals surface area contributed by atoms with E-state index >= 15 is 0 Å². The average Bonchev–Trinajstić information content (AvgIpc) is 3.22. The van der Waals surface area contributed by atoms with Crippen molar-refractivity contribution in [2.45, 2.75) is 25.4 Å². The van der Waals surface area contributed by atoms with E-state index in [-0.39, 0.29) is 5.82 Å². The number of anilines is 1. The number of hydrogen-bond donors (Lipinski definition) is 1. The van der Waals surface area contributed by atoms with E-state index in [2.05, 4.69) is 25.3 Å². The molecule has 1 N–H and O–H groups in total. The van der Waals surface area contributed by atoms with Gasteiger partial charge in [-0.3, -0.25) is 0 Å². The van der Waals surface area contributed by atoms with Gasteiger partial charge in [0, 0.05) is 50.5 Å². The molecule has 2 aromatic heterocycles. The van der Waals surface area contributed by atoms with Gasteiger partial charge in [0.05, 0.1) is 5.69 Å². The van der Waals surface area contributed by atoms with Crippen LogP contribution in [0.4, 0.5) is 10.3 Å². The SMILES string of the molecule is Fc1ccc(-n2cccn2)c(CN[C@@H]2CCCN(c3ncccn3)C2)c1. The second-order valence-electron chi connectivity index (χ2n) is 6.44. The highest BCUT2D eigenvalue weighted by Gasteiger charge is 2.21. The van der Waals surface area contributed by atoms with Crippen LogP contribution in [0.1, 0.15) is 18.4 Å². The van der Waals surface area contributed by atoms with Gasteiger partial charge in [0.15, 0.2) is 0 Å². The topological polar surface area (TPSA) is 58.9 Å². The molecule has 4 rings (SSSR count). The summed E-state index contributed by atoms with van der Waals surface area (Å²) in [6.45, 7) is 2.39. The van der Waals surface area contributed by atoms with Gasteiger partial charge in [0.1, 0.15) is 5.82 Å². The summed E-state index contributed by atoms with van der Waals surface area (Å²) in [5.74, 6) is 0.530. The Morgan fingerprint density at radius 3 is 2.85 bits per heavy atom. The third-order valence-corrected chi connectivity index (χ3v) is 4.63. The summed E-state index contributed by atoms with van der Waals surface area (Å²) in [4.78, 5) is 10.9. The van der Waals surface area contributed by atoms with Crippen LogP contribution in [0.3, 0.4) is 0 Å². The first-order valence-electron chi connectivity index (χ1n) is 8.83. The molecular formula is C19H21FN6. The highest BCUT2D eigenvalue weighted by atomic mass is 19.1. The summed E-state index contributed by atoms with van der Waals surface area (Å²) >= 11 is 0. The normalized spacial score (nSPS) is 17.4. The quantitative estimate of drug-likeness (QED) is 0.765. The second kappa shape index (κ2) is 7.61. The molecule has 3 aromatic rings. The summed E-state index contributed by atoms with van der Waals surface area (Å²) in [7, 11) is 0. The molecule has 0 saturated carbocycles. The Labute approximate surface area is 151 Å². The van der Waals surface area contributed by atoms with Crippen molar-refractivity contribution in [3.63, 3.8) is 0 Å². The number of halogens is 1. The van der Waals surface area contributed by atoms with Crippen molar-refractivity contribution in [3.05, 3.63) is 66.5 Å². The van der Waals surface area contributed by atoms with E-state index in [9.17, 15) is 4.39 Å². The minimum atomic E-state index is -0.235. The molecule has 0 bridgehead atoms. The number of piperidine rings is 1. The fourth-order valence-electron chi connectivity index (χ4n) is 3.36. The first-order chi connectivity index (χ1) is 12.8. The van der Waals surface area contributed by atoms with Gasteiger partial charge in [-0.05, 0) is 48.7 Å². The lowest BCUT2D eigenvalue weighted by Gasteiger charge is -2.33. The van der Waals surface area contributed by atoms with Crippen LogP contribution in [-0.4, -0.2) is 38.9 Å². The monoisotopic (exact) mass is 352 g/mol. The Hall–Kier alpha value is -2.80. The fraction of sp³-hybridized carbons (Fsp3) is 0.316. The van der Waals surface area contributed by atoms with E-state index in [0.29, 0.717) is 12.6 Å². The number of nitrogens with one attached hydrogen (secondary N) is 1. The van der Waals surface area contributed by atoms with E-state index in [1.54, 1.807) is 35.4 Å². The third-order valence-electron chi connectivity index (χ3n) is 4.63. The van der Waals surface area contributed by atoms with Gasteiger partial charge in [0.25, 0.3) is 0 Å². The summed E-state index contributed by atoms with van der Waals surface area (Å²) < 4.78 is 15.5. The summed E-state index contributed by atoms with van der Waals surface area (Å²) in [6, 6.07) is 8.80. The number of benzene rings is 1. The summed E-state index contributed by atoms with van der Waals surface area (Å²) in [5.41, 5.74) is 1.78. The second-order valence-corrected chi connectivity index (χ2v) is 6.44. The lowest BCUT2D eigenvalue weighted by molar-refractivity contribution is 0.417. The van der Waals surface area contributed by atoms with Gasteiger partial charge in [0.2, 0.25) is 5.95 Å². The van der Waals surface area contributed by atoms with Crippen molar-refractivity contribution in [3.8, 4) is 5.69 Å². The molecule has 1 aromatic carbocycles. The molecule has 7 heteroatoms. The van der Waals surface area contributed by atoms with E-state index in [4.69, 9.17) is 0 Å². The maximum atomic E-state index is 13.8. The van der Waals surface area contributed by atoms with Crippen molar-refractivity contribution in [2.24, 2.45) is 0 Å². The van der Waals surface area contributed by atoms with Gasteiger partial charge in [-0.1, -0.05) is 0 Å². The number of rotatable bonds is 5. The Morgan fingerprint density at radius 2 is 2.04 bits per heavy atom. The van der Waals surface area contributed by atoms with Crippen molar-refractivity contribution < 1.29 is 4.39 Å². The van der Waals surface area contributed by atoms with Crippen molar-refractivity contribution in [2.75, 3.05) is 18.0 Å². The molecule has 6 nitrogen and oxygen atoms in total. The molecule has 26 heavy (non-hydrogen) atoms. The maximum Gasteiger partial charge on any atom is 0.225 e. The molecule has 3 heterocycles. The molecular weight excluding hydrogens is 331 g/mol. The minimum absolute atomic E-state index is 0.235. The van der Waals surface area contributed by atoms with E-state index in [0.717, 1.165) is 43.1 Å². The molecule has 1 fully saturated rings. The molecule has 0 amide bonds. The van der Waals surface area contributed by atoms with Gasteiger partial charge in [-0.2, -0.15) is 5.10 Å². The first-order valence-corrected chi connectivity index (χ1v) is 8.83. The molecule has 0 spiro atoms. The summed E-state index contributed by atoms with van der Waals surface area (Å²) in [5, 5.41) is 7.83. The largest absolute Gasteiger partial charge is 0.339 e. The Morgan fingerprint density at radius 1 is 1.15 bits per heavy atom. The first kappa shape index (κ1) is 16.7. The zero-order valence-electron chi connectivity index (χ0n) is 14.4. The minimum Gasteiger partial charge on any atom is -0.339 e. The molecule has 134 valence electrons. The van der Waals surface area contributed by atoms with Crippen LogP contribution < -0.4 is 10.2 Å². The van der Waals surface area contributed by atoms with Gasteiger partial charge < -0.3 is 10.2 Å². The molecule has 0 aliphatic carbocycles. The van der Waals surface area contributed by atoms with Crippen LogP contribution in [0.5, 0.6) is 0 Å². The van der Waals surface area contributed by atoms with Crippen LogP contribution in [-0.2, 0) is 6.54 Å². The zero-order chi connectivity index (χ0) is 17.8. The molecule has 1 aliphatic heterocycles. The lowest BCUT2D eigenvalue weighted by atomic mass is 10.1. The molecule has 0 unspecified atom stereocenters. The smallest absolute Gasteiger partial charge is 0.225 e. The van der Waals surface area contributed by atoms with Crippen LogP contribution in [0.2, 0.25) is 0 Å². The van der Waals surface area contributed by atoms with Crippen molar-refractivity contribution >= 4 is 5.95 Å². The summed E-state index contributed by atoms with van der Waals surface area (Å²) in [6.07, 6.45) is 9.27. The third kappa shape index (κ3) is 3.72. The van der Waals surface area contributed by atoms with Crippen LogP contribution in [0.25, 0.3) is 5.69 Å². The van der Waals surface area contributed by atoms with E-state index in [1.807, 2.05) is 18.3 Å². The van der Waals surface area contributed by atoms with Gasteiger partial charge >= 0.3 is 0 Å². The zero-order valence-corrected chi connectivity index (χ0v) is 14.4. The van der Waals surface area contributed by atoms with Crippen LogP contribution in [0.15, 0.2) is 55.1 Å². The van der Waals surface area contributed by atoms with Gasteiger partial charge in [-0.15, -0.1) is 0 Å². The van der Waals surface area contributed by atoms with Crippen molar-refractivity contribution in [1.82, 2.24) is 25.1 Å². The number of nitrogens with zero attached hydrogens (tertiary/aromatic N) is 5. The highest BCUT2D eigenvalue weighted by Crippen LogP contribution is 2.18. The Balaban J connectivity index is 1.45. The van der Waals surface area contributed by atoms with Gasteiger partial charge in [-0.25, -0.2) is 19.0 Å². The molecule has 0 radical (unpaired) electrons. The highest BCUT2D eigenvalue weighted by molar-refractivity contribution is 5.40. The predicted molar refractivity (Wildman–Crippen MR) is 97.6 cm³/mol. The van der Waals surface area contributed by atoms with Crippen LogP contribution in [0, 0.1) is 5.82 Å². The maximum absolute atomic E-state index is 13.8. The van der Waals surface area contributed by atoms with E-state index in [1.165, 1.54) is 6.07 Å². The number of aromatic nitrogens is 4. The predicted octanol–water partition coefficient (Wildman–Crippen LogP) is 2.56. The fourth-order valence-corrected chi connectivity index (χ4v) is 3.36. The van der Waals surface area contributed by atoms with E-state index < -0.39 is 0 Å². The molecule has 1 aliphatic rings. The lowest BCUT2D eigenvalue weighted by Crippen LogP contribution is -2.46. The Bertz CT molecular complexity index is 837. The van der Waals surface area contributed by atoms with Crippen LogP contribution >= 0.6 is 0 Å². The standard InChI is InChI=1S/C19H21FN6/c20-16-5-6-18(26-11-3-9-24-26)15(12-16)13-23-17-4-1-10-25(14-17)19-21-7-2-8-22-19/h2-3,5-9,11-12,17,23H,1,4,10,13-14H2/t17-/m1/s1. The number of hydrogen-bond acceptors (Lipinski definition) is 5. The molecule has 1 saturated heterocycles. The Kier molecular flexibility index (Phi) is 4.88. The van der Waals surface area contributed by atoms with Crippen molar-refractivity contribution in [1.29, 1.82) is 0 Å². The molecule has 1 atom stereocenters.